The molecule has 1 aliphatic rings. The van der Waals surface area contributed by atoms with Gasteiger partial charge in [0.1, 0.15) is 5.75 Å². The molecule has 1 fully saturated rings. The molecule has 5 nitrogen and oxygen atoms in total. The molecular formula is C26H25N3O2. The van der Waals surface area contributed by atoms with E-state index in [4.69, 9.17) is 4.74 Å². The highest BCUT2D eigenvalue weighted by atomic mass is 16.5. The zero-order valence-corrected chi connectivity index (χ0v) is 17.8. The third kappa shape index (κ3) is 4.29. The van der Waals surface area contributed by atoms with Crippen LogP contribution in [0, 0.1) is 11.3 Å². The first-order valence-electron chi connectivity index (χ1n) is 10.6. The van der Waals surface area contributed by atoms with Crippen molar-refractivity contribution in [2.75, 3.05) is 6.54 Å². The highest BCUT2D eigenvalue weighted by Crippen LogP contribution is 2.31. The van der Waals surface area contributed by atoms with Gasteiger partial charge in [-0.1, -0.05) is 36.4 Å². The van der Waals surface area contributed by atoms with Crippen LogP contribution in [0.25, 0.3) is 16.5 Å². The van der Waals surface area contributed by atoms with Gasteiger partial charge in [-0.15, -0.1) is 0 Å². The van der Waals surface area contributed by atoms with Crippen molar-refractivity contribution in [2.24, 2.45) is 0 Å². The molecule has 4 rings (SSSR count). The first-order valence-corrected chi connectivity index (χ1v) is 10.6. The summed E-state index contributed by atoms with van der Waals surface area (Å²) in [6.45, 7) is 4.41. The molecule has 0 bridgehead atoms. The molecule has 2 unspecified atom stereocenters. The molecule has 0 spiro atoms. The molecule has 1 saturated heterocycles. The zero-order chi connectivity index (χ0) is 21.8. The Kier molecular flexibility index (Phi) is 5.99. The summed E-state index contributed by atoms with van der Waals surface area (Å²) in [5.41, 5.74) is 3.62. The Morgan fingerprint density at radius 2 is 1.97 bits per heavy atom. The predicted octanol–water partition coefficient (Wildman–Crippen LogP) is 4.99. The number of aromatic nitrogens is 1. The van der Waals surface area contributed by atoms with Gasteiger partial charge in [-0.05, 0) is 62.1 Å². The summed E-state index contributed by atoms with van der Waals surface area (Å²) in [6, 6.07) is 21.6. The van der Waals surface area contributed by atoms with Crippen molar-refractivity contribution in [1.29, 1.82) is 5.26 Å². The number of hydrogen-bond donors (Lipinski definition) is 0. The molecular weight excluding hydrogens is 386 g/mol. The summed E-state index contributed by atoms with van der Waals surface area (Å²) in [5.74, 6) is 0.623. The Morgan fingerprint density at radius 1 is 1.16 bits per heavy atom. The smallest absolute Gasteiger partial charge is 0.263 e. The topological polar surface area (TPSA) is 66.2 Å². The third-order valence-electron chi connectivity index (χ3n) is 5.80. The van der Waals surface area contributed by atoms with Crippen LogP contribution in [0.15, 0.2) is 72.4 Å². The summed E-state index contributed by atoms with van der Waals surface area (Å²) in [6.07, 6.45) is 2.52. The van der Waals surface area contributed by atoms with Crippen LogP contribution in [-0.4, -0.2) is 34.5 Å². The van der Waals surface area contributed by atoms with Gasteiger partial charge in [0.25, 0.3) is 5.91 Å². The number of likely N-dealkylation sites (tertiary alicyclic amines) is 1. The van der Waals surface area contributed by atoms with E-state index in [0.29, 0.717) is 25.1 Å². The number of allylic oxidation sites excluding steroid dienone is 1. The molecule has 0 saturated carbocycles. The summed E-state index contributed by atoms with van der Waals surface area (Å²) < 4.78 is 6.06. The molecule has 156 valence electrons. The van der Waals surface area contributed by atoms with E-state index in [-0.39, 0.29) is 11.9 Å². The SMILES string of the molecule is CC(Oc1cccc2ncccc12)C(=O)N1CC/C(=C(\C#N)c2ccccc2)CC1C. The van der Waals surface area contributed by atoms with E-state index in [1.54, 1.807) is 13.1 Å². The average molecular weight is 412 g/mol. The van der Waals surface area contributed by atoms with Crippen LogP contribution in [-0.2, 0) is 4.79 Å². The molecule has 3 aromatic rings. The maximum absolute atomic E-state index is 13.2. The molecule has 2 atom stereocenters. The Morgan fingerprint density at radius 3 is 2.71 bits per heavy atom. The number of rotatable bonds is 4. The lowest BCUT2D eigenvalue weighted by Crippen LogP contribution is -2.48. The number of nitriles is 1. The standard InChI is InChI=1S/C26H25N3O2/c1-18-16-21(23(17-27)20-8-4-3-5-9-20)13-15-29(18)26(30)19(2)31-25-12-6-11-24-22(25)10-7-14-28-24/h3-12,14,18-19H,13,15-16H2,1-2H3/b23-21-. The summed E-state index contributed by atoms with van der Waals surface area (Å²) in [4.78, 5) is 19.4. The monoisotopic (exact) mass is 411 g/mol. The van der Waals surface area contributed by atoms with E-state index in [9.17, 15) is 10.1 Å². The number of pyridine rings is 1. The molecule has 1 aromatic heterocycles. The number of fused-ring (bicyclic) bond motifs is 1. The molecule has 1 aliphatic heterocycles. The number of piperidine rings is 1. The van der Waals surface area contributed by atoms with Crippen LogP contribution in [0.4, 0.5) is 0 Å². The fourth-order valence-electron chi connectivity index (χ4n) is 4.20. The fourth-order valence-corrected chi connectivity index (χ4v) is 4.20. The fraction of sp³-hybridized carbons (Fsp3) is 0.269. The van der Waals surface area contributed by atoms with Gasteiger partial charge >= 0.3 is 0 Å². The number of nitrogens with zero attached hydrogens (tertiary/aromatic N) is 3. The number of carbonyl (C=O) groups excluding carboxylic acids is 1. The van der Waals surface area contributed by atoms with E-state index in [0.717, 1.165) is 27.6 Å². The average Bonchev–Trinajstić information content (AvgIpc) is 2.80. The number of hydrogen-bond acceptors (Lipinski definition) is 4. The first kappa shape index (κ1) is 20.6. The van der Waals surface area contributed by atoms with Crippen LogP contribution < -0.4 is 4.74 Å². The minimum absolute atomic E-state index is 0.00328. The van der Waals surface area contributed by atoms with Crippen molar-refractivity contribution in [3.63, 3.8) is 0 Å². The second-order valence-electron chi connectivity index (χ2n) is 7.88. The predicted molar refractivity (Wildman–Crippen MR) is 121 cm³/mol. The second kappa shape index (κ2) is 9.01. The van der Waals surface area contributed by atoms with E-state index in [1.165, 1.54) is 0 Å². The van der Waals surface area contributed by atoms with Crippen LogP contribution in [0.2, 0.25) is 0 Å². The van der Waals surface area contributed by atoms with Crippen molar-refractivity contribution in [1.82, 2.24) is 9.88 Å². The molecule has 0 radical (unpaired) electrons. The maximum atomic E-state index is 13.2. The largest absolute Gasteiger partial charge is 0.480 e. The van der Waals surface area contributed by atoms with Gasteiger partial charge < -0.3 is 9.64 Å². The molecule has 1 amide bonds. The van der Waals surface area contributed by atoms with Gasteiger partial charge in [0.2, 0.25) is 0 Å². The molecule has 2 aromatic carbocycles. The summed E-state index contributed by atoms with van der Waals surface area (Å²) >= 11 is 0. The van der Waals surface area contributed by atoms with Gasteiger partial charge in [-0.25, -0.2) is 0 Å². The maximum Gasteiger partial charge on any atom is 0.263 e. The Balaban J connectivity index is 1.49. The van der Waals surface area contributed by atoms with E-state index < -0.39 is 6.10 Å². The molecule has 5 heteroatoms. The number of carbonyl (C=O) groups is 1. The molecule has 0 aliphatic carbocycles. The van der Waals surface area contributed by atoms with Crippen molar-refractivity contribution in [3.05, 3.63) is 78.0 Å². The minimum atomic E-state index is -0.608. The normalized spacial score (nSPS) is 18.9. The van der Waals surface area contributed by atoms with Gasteiger partial charge in [-0.3, -0.25) is 9.78 Å². The van der Waals surface area contributed by atoms with Gasteiger partial charge in [0, 0.05) is 24.2 Å². The van der Waals surface area contributed by atoms with Crippen molar-refractivity contribution in [2.45, 2.75) is 38.8 Å². The minimum Gasteiger partial charge on any atom is -0.480 e. The van der Waals surface area contributed by atoms with Crippen molar-refractivity contribution < 1.29 is 9.53 Å². The van der Waals surface area contributed by atoms with E-state index in [1.807, 2.05) is 72.5 Å². The summed E-state index contributed by atoms with van der Waals surface area (Å²) in [7, 11) is 0. The quantitative estimate of drug-likeness (QED) is 0.567. The number of ether oxygens (including phenoxy) is 1. The zero-order valence-electron chi connectivity index (χ0n) is 17.8. The molecule has 31 heavy (non-hydrogen) atoms. The lowest BCUT2D eigenvalue weighted by molar-refractivity contribution is -0.140. The Bertz CT molecular complexity index is 1160. The molecule has 2 heterocycles. The van der Waals surface area contributed by atoms with Crippen LogP contribution in [0.1, 0.15) is 32.3 Å². The highest BCUT2D eigenvalue weighted by molar-refractivity contribution is 5.87. The number of amides is 1. The lowest BCUT2D eigenvalue weighted by atomic mass is 9.90. The molecule has 0 N–H and O–H groups in total. The van der Waals surface area contributed by atoms with Gasteiger partial charge in [0.15, 0.2) is 6.10 Å². The van der Waals surface area contributed by atoms with Gasteiger partial charge in [-0.2, -0.15) is 5.26 Å². The van der Waals surface area contributed by atoms with Crippen LogP contribution in [0.5, 0.6) is 5.75 Å². The number of benzene rings is 2. The van der Waals surface area contributed by atoms with Crippen molar-refractivity contribution >= 4 is 22.4 Å². The van der Waals surface area contributed by atoms with Crippen LogP contribution >= 0.6 is 0 Å². The van der Waals surface area contributed by atoms with Crippen LogP contribution in [0.3, 0.4) is 0 Å². The first-order chi connectivity index (χ1) is 15.1. The Hall–Kier alpha value is -3.65. The Labute approximate surface area is 182 Å². The van der Waals surface area contributed by atoms with Gasteiger partial charge in [0.05, 0.1) is 17.2 Å². The third-order valence-corrected chi connectivity index (χ3v) is 5.80. The van der Waals surface area contributed by atoms with Crippen molar-refractivity contribution in [3.8, 4) is 11.8 Å². The second-order valence-corrected chi connectivity index (χ2v) is 7.88. The van der Waals surface area contributed by atoms with E-state index >= 15 is 0 Å². The van der Waals surface area contributed by atoms with E-state index in [2.05, 4.69) is 11.1 Å². The summed E-state index contributed by atoms with van der Waals surface area (Å²) in [5, 5.41) is 10.6. The lowest BCUT2D eigenvalue weighted by Gasteiger charge is -2.36. The highest BCUT2D eigenvalue weighted by Gasteiger charge is 2.31.